The van der Waals surface area contributed by atoms with Gasteiger partial charge in [0.15, 0.2) is 0 Å². The van der Waals surface area contributed by atoms with E-state index in [0.717, 1.165) is 18.1 Å². The Kier molecular flexibility index (Phi) is 12.0. The average molecular weight is 261 g/mol. The molecule has 4 nitrogen and oxygen atoms in total. The molecular formula is C12H23NO3S. The fourth-order valence-corrected chi connectivity index (χ4v) is 1.71. The van der Waals surface area contributed by atoms with Crippen LogP contribution in [0.2, 0.25) is 0 Å². The van der Waals surface area contributed by atoms with Crippen LogP contribution in [0.25, 0.3) is 0 Å². The van der Waals surface area contributed by atoms with Crippen LogP contribution >= 0.6 is 11.8 Å². The lowest BCUT2D eigenvalue weighted by atomic mass is 10.3. The van der Waals surface area contributed by atoms with Gasteiger partial charge in [-0.25, -0.2) is 0 Å². The van der Waals surface area contributed by atoms with E-state index in [1.807, 2.05) is 6.92 Å². The molecule has 2 N–H and O–H groups in total. The van der Waals surface area contributed by atoms with Crippen molar-refractivity contribution in [2.24, 2.45) is 0 Å². The van der Waals surface area contributed by atoms with Crippen LogP contribution in [0.15, 0.2) is 0 Å². The molecule has 0 aliphatic heterocycles. The normalized spacial score (nSPS) is 14.2. The molecule has 5 heteroatoms. The molecule has 2 atom stereocenters. The van der Waals surface area contributed by atoms with Gasteiger partial charge in [0.1, 0.15) is 0 Å². The van der Waals surface area contributed by atoms with Crippen LogP contribution in [0, 0.1) is 12.3 Å². The van der Waals surface area contributed by atoms with Gasteiger partial charge in [0.05, 0.1) is 31.2 Å². The van der Waals surface area contributed by atoms with E-state index in [0.29, 0.717) is 19.8 Å². The van der Waals surface area contributed by atoms with Gasteiger partial charge in [0.2, 0.25) is 0 Å². The molecule has 0 saturated carbocycles. The first-order valence-electron chi connectivity index (χ1n) is 5.71. The molecule has 100 valence electrons. The molecule has 0 aromatic rings. The highest BCUT2D eigenvalue weighted by Gasteiger charge is 2.07. The Balaban J connectivity index is 3.28. The Hall–Kier alpha value is -0.250. The number of ether oxygens (including phenoxy) is 2. The number of methoxy groups -OCH3 is 1. The van der Waals surface area contributed by atoms with Gasteiger partial charge in [-0.05, 0) is 6.92 Å². The van der Waals surface area contributed by atoms with Gasteiger partial charge in [-0.3, -0.25) is 0 Å². The minimum atomic E-state index is -0.480. The summed E-state index contributed by atoms with van der Waals surface area (Å²) in [6.45, 7) is 4.17. The fourth-order valence-electron chi connectivity index (χ4n) is 1.16. The van der Waals surface area contributed by atoms with Crippen LogP contribution in [-0.4, -0.2) is 62.2 Å². The lowest BCUT2D eigenvalue weighted by Gasteiger charge is -2.16. The molecular weight excluding hydrogens is 238 g/mol. The Morgan fingerprint density at radius 3 is 2.88 bits per heavy atom. The Bertz CT molecular complexity index is 208. The van der Waals surface area contributed by atoms with Crippen LogP contribution in [0.1, 0.15) is 6.92 Å². The number of hydrogen-bond donors (Lipinski definition) is 2. The Morgan fingerprint density at radius 1 is 1.47 bits per heavy atom. The van der Waals surface area contributed by atoms with E-state index in [4.69, 9.17) is 15.9 Å². The van der Waals surface area contributed by atoms with E-state index < -0.39 is 6.10 Å². The number of terminal acetylenes is 1. The number of nitrogens with one attached hydrogen (secondary N) is 1. The van der Waals surface area contributed by atoms with Crippen molar-refractivity contribution in [3.8, 4) is 12.3 Å². The summed E-state index contributed by atoms with van der Waals surface area (Å²) in [5.41, 5.74) is 0. The summed E-state index contributed by atoms with van der Waals surface area (Å²) < 4.78 is 10.3. The Labute approximate surface area is 108 Å². The zero-order valence-electron chi connectivity index (χ0n) is 10.6. The fraction of sp³-hybridized carbons (Fsp3) is 0.833. The van der Waals surface area contributed by atoms with Crippen molar-refractivity contribution in [2.75, 3.05) is 44.9 Å². The number of aliphatic hydroxyl groups excluding tert-OH is 1. The van der Waals surface area contributed by atoms with Crippen molar-refractivity contribution < 1.29 is 14.6 Å². The van der Waals surface area contributed by atoms with Crippen LogP contribution in [0.3, 0.4) is 0 Å². The van der Waals surface area contributed by atoms with Crippen molar-refractivity contribution in [3.63, 3.8) is 0 Å². The molecule has 0 spiro atoms. The van der Waals surface area contributed by atoms with Gasteiger partial charge in [-0.15, -0.1) is 18.2 Å². The minimum absolute atomic E-state index is 0.0147. The summed E-state index contributed by atoms with van der Waals surface area (Å²) in [6.07, 6.45) is 4.66. The lowest BCUT2D eigenvalue weighted by molar-refractivity contribution is -0.0309. The van der Waals surface area contributed by atoms with E-state index in [-0.39, 0.29) is 6.10 Å². The molecule has 0 saturated heterocycles. The van der Waals surface area contributed by atoms with Crippen LogP contribution in [0.5, 0.6) is 0 Å². The van der Waals surface area contributed by atoms with E-state index in [1.54, 1.807) is 18.9 Å². The highest BCUT2D eigenvalue weighted by molar-refractivity contribution is 7.99. The molecule has 0 bridgehead atoms. The topological polar surface area (TPSA) is 50.7 Å². The molecule has 0 rings (SSSR count). The van der Waals surface area contributed by atoms with E-state index in [2.05, 4.69) is 11.2 Å². The first kappa shape index (κ1) is 16.8. The average Bonchev–Trinajstić information content (AvgIpc) is 2.31. The molecule has 0 fully saturated rings. The zero-order valence-corrected chi connectivity index (χ0v) is 11.5. The van der Waals surface area contributed by atoms with Crippen molar-refractivity contribution >= 4 is 11.8 Å². The smallest absolute Gasteiger partial charge is 0.0897 e. The van der Waals surface area contributed by atoms with Gasteiger partial charge in [-0.2, -0.15) is 0 Å². The number of hydrogen-bond acceptors (Lipinski definition) is 5. The van der Waals surface area contributed by atoms with Crippen LogP contribution < -0.4 is 5.32 Å². The van der Waals surface area contributed by atoms with Crippen LogP contribution in [-0.2, 0) is 9.47 Å². The quantitative estimate of drug-likeness (QED) is 0.415. The second-order valence-corrected chi connectivity index (χ2v) is 4.82. The summed E-state index contributed by atoms with van der Waals surface area (Å²) in [5.74, 6) is 4.26. The van der Waals surface area contributed by atoms with Crippen molar-refractivity contribution in [2.45, 2.75) is 19.1 Å². The van der Waals surface area contributed by atoms with Gasteiger partial charge in [0.25, 0.3) is 0 Å². The number of thioether (sulfide) groups is 1. The summed E-state index contributed by atoms with van der Waals surface area (Å²) >= 11 is 1.70. The molecule has 0 aromatic heterocycles. The maximum absolute atomic E-state index is 9.60. The summed E-state index contributed by atoms with van der Waals surface area (Å²) in [6, 6.07) is 0. The van der Waals surface area contributed by atoms with Gasteiger partial charge < -0.3 is 19.9 Å². The van der Waals surface area contributed by atoms with Gasteiger partial charge in [-0.1, -0.05) is 5.92 Å². The lowest BCUT2D eigenvalue weighted by Crippen LogP contribution is -2.33. The maximum Gasteiger partial charge on any atom is 0.0897 e. The largest absolute Gasteiger partial charge is 0.389 e. The predicted molar refractivity (Wildman–Crippen MR) is 72.3 cm³/mol. The van der Waals surface area contributed by atoms with Gasteiger partial charge >= 0.3 is 0 Å². The maximum atomic E-state index is 9.60. The molecule has 0 heterocycles. The molecule has 0 amide bonds. The van der Waals surface area contributed by atoms with Crippen LogP contribution in [0.4, 0.5) is 0 Å². The minimum Gasteiger partial charge on any atom is -0.389 e. The SMILES string of the molecule is C#CCSCCNCC(O)COC(C)COC. The van der Waals surface area contributed by atoms with E-state index in [9.17, 15) is 5.11 Å². The summed E-state index contributed by atoms with van der Waals surface area (Å²) in [4.78, 5) is 0. The first-order valence-corrected chi connectivity index (χ1v) is 6.86. The van der Waals surface area contributed by atoms with Crippen molar-refractivity contribution in [3.05, 3.63) is 0 Å². The predicted octanol–water partition coefficient (Wildman–Crippen LogP) is 0.355. The van der Waals surface area contributed by atoms with E-state index >= 15 is 0 Å². The van der Waals surface area contributed by atoms with E-state index in [1.165, 1.54) is 0 Å². The van der Waals surface area contributed by atoms with Crippen molar-refractivity contribution in [1.29, 1.82) is 0 Å². The summed E-state index contributed by atoms with van der Waals surface area (Å²) in [5, 5.41) is 12.8. The molecule has 0 aliphatic rings. The first-order chi connectivity index (χ1) is 8.20. The van der Waals surface area contributed by atoms with Gasteiger partial charge in [0, 0.05) is 26.0 Å². The third-order valence-corrected chi connectivity index (χ3v) is 2.83. The van der Waals surface area contributed by atoms with Crippen molar-refractivity contribution in [1.82, 2.24) is 5.32 Å². The molecule has 0 radical (unpaired) electrons. The number of rotatable bonds is 11. The Morgan fingerprint density at radius 2 is 2.24 bits per heavy atom. The molecule has 17 heavy (non-hydrogen) atoms. The number of aliphatic hydroxyl groups is 1. The second kappa shape index (κ2) is 12.2. The summed E-state index contributed by atoms with van der Waals surface area (Å²) in [7, 11) is 1.63. The molecule has 0 aromatic carbocycles. The highest BCUT2D eigenvalue weighted by Crippen LogP contribution is 1.96. The molecule has 0 aliphatic carbocycles. The molecule has 2 unspecified atom stereocenters. The standard InChI is InChI=1S/C12H23NO3S/c1-4-6-17-7-5-13-8-12(14)10-16-11(2)9-15-3/h1,11-14H,5-10H2,2-3H3. The monoisotopic (exact) mass is 261 g/mol. The third-order valence-electron chi connectivity index (χ3n) is 1.96. The third kappa shape index (κ3) is 12.0. The highest BCUT2D eigenvalue weighted by atomic mass is 32.2. The zero-order chi connectivity index (χ0) is 12.9. The second-order valence-electron chi connectivity index (χ2n) is 3.71.